The van der Waals surface area contributed by atoms with Crippen LogP contribution < -0.4 is 10.6 Å². The van der Waals surface area contributed by atoms with Gasteiger partial charge in [0.05, 0.1) is 11.4 Å². The first-order chi connectivity index (χ1) is 14.2. The van der Waals surface area contributed by atoms with Crippen molar-refractivity contribution >= 4 is 17.6 Å². The number of carbonyl (C=O) groups is 2. The molecule has 1 aromatic carbocycles. The lowest BCUT2D eigenvalue weighted by Gasteiger charge is -2.13. The summed E-state index contributed by atoms with van der Waals surface area (Å²) >= 11 is 0. The Balaban J connectivity index is 1.89. The number of aromatic nitrogens is 2. The molecule has 0 aliphatic heterocycles. The van der Waals surface area contributed by atoms with Crippen molar-refractivity contribution in [2.24, 2.45) is 5.92 Å². The van der Waals surface area contributed by atoms with Crippen molar-refractivity contribution in [2.45, 2.75) is 71.8 Å². The van der Waals surface area contributed by atoms with Crippen molar-refractivity contribution in [3.8, 4) is 17.0 Å². The van der Waals surface area contributed by atoms with Crippen LogP contribution in [0.3, 0.4) is 0 Å². The number of anilines is 1. The second kappa shape index (κ2) is 9.32. The number of amides is 2. The van der Waals surface area contributed by atoms with E-state index in [1.807, 2.05) is 33.8 Å². The van der Waals surface area contributed by atoms with Gasteiger partial charge in [0.2, 0.25) is 5.91 Å². The van der Waals surface area contributed by atoms with E-state index in [1.54, 1.807) is 12.1 Å². The van der Waals surface area contributed by atoms with Crippen LogP contribution in [-0.2, 0) is 4.79 Å². The van der Waals surface area contributed by atoms with Crippen LogP contribution in [0.2, 0.25) is 0 Å². The molecule has 0 radical (unpaired) electrons. The summed E-state index contributed by atoms with van der Waals surface area (Å²) in [6.45, 7) is 7.78. The number of hydrogen-bond acceptors (Lipinski definition) is 4. The number of nitrogens with zero attached hydrogens (tertiary/aromatic N) is 2. The van der Waals surface area contributed by atoms with E-state index in [2.05, 4.69) is 15.7 Å². The van der Waals surface area contributed by atoms with Crippen LogP contribution in [0.15, 0.2) is 24.3 Å². The van der Waals surface area contributed by atoms with Crippen molar-refractivity contribution in [2.75, 3.05) is 5.32 Å². The Bertz CT molecular complexity index is 911. The highest BCUT2D eigenvalue weighted by Gasteiger charge is 2.26. The smallest absolute Gasteiger partial charge is 0.342 e. The van der Waals surface area contributed by atoms with E-state index < -0.39 is 0 Å². The van der Waals surface area contributed by atoms with Crippen molar-refractivity contribution in [1.82, 2.24) is 15.1 Å². The van der Waals surface area contributed by atoms with Gasteiger partial charge in [-0.2, -0.15) is 9.78 Å². The van der Waals surface area contributed by atoms with Crippen LogP contribution in [0.5, 0.6) is 5.75 Å². The molecule has 2 aromatic rings. The van der Waals surface area contributed by atoms with Gasteiger partial charge in [0, 0.05) is 35.7 Å². The molecule has 0 spiro atoms. The summed E-state index contributed by atoms with van der Waals surface area (Å²) in [4.78, 5) is 24.7. The molecule has 2 amide bonds. The quantitative estimate of drug-likeness (QED) is 0.631. The first kappa shape index (κ1) is 21.9. The average Bonchev–Trinajstić information content (AvgIpc) is 3.30. The van der Waals surface area contributed by atoms with Gasteiger partial charge in [-0.05, 0) is 50.8 Å². The first-order valence-electron chi connectivity index (χ1n) is 10.8. The molecule has 162 valence electrons. The molecule has 30 heavy (non-hydrogen) atoms. The van der Waals surface area contributed by atoms with Crippen LogP contribution in [0.25, 0.3) is 11.3 Å². The normalized spacial score (nSPS) is 14.5. The summed E-state index contributed by atoms with van der Waals surface area (Å²) in [6, 6.07) is 6.65. The molecular weight excluding hydrogens is 380 g/mol. The molecule has 0 unspecified atom stereocenters. The number of phenols is 1. The number of rotatable bonds is 6. The van der Waals surface area contributed by atoms with E-state index >= 15 is 0 Å². The lowest BCUT2D eigenvalue weighted by Crippen LogP contribution is -2.35. The van der Waals surface area contributed by atoms with Gasteiger partial charge in [0.15, 0.2) is 0 Å². The average molecular weight is 413 g/mol. The maximum Gasteiger partial charge on any atom is 0.342 e. The summed E-state index contributed by atoms with van der Waals surface area (Å²) in [5.74, 6) is 0.480. The maximum absolute atomic E-state index is 12.7. The minimum atomic E-state index is -0.254. The summed E-state index contributed by atoms with van der Waals surface area (Å²) in [7, 11) is 0. The van der Waals surface area contributed by atoms with E-state index in [1.165, 1.54) is 10.7 Å². The minimum Gasteiger partial charge on any atom is -0.507 e. The third-order valence-electron chi connectivity index (χ3n) is 5.27. The molecule has 3 N–H and O–H groups in total. The zero-order valence-corrected chi connectivity index (χ0v) is 18.2. The Morgan fingerprint density at radius 1 is 1.17 bits per heavy atom. The number of phenolic OH excluding ortho intramolecular Hbond substituents is 1. The molecule has 1 aliphatic carbocycles. The van der Waals surface area contributed by atoms with E-state index in [0.29, 0.717) is 29.3 Å². The Morgan fingerprint density at radius 2 is 1.87 bits per heavy atom. The summed E-state index contributed by atoms with van der Waals surface area (Å²) in [5, 5.41) is 20.8. The lowest BCUT2D eigenvalue weighted by molar-refractivity contribution is -0.116. The van der Waals surface area contributed by atoms with Crippen LogP contribution >= 0.6 is 0 Å². The molecule has 0 bridgehead atoms. The summed E-state index contributed by atoms with van der Waals surface area (Å²) in [5.41, 5.74) is 2.50. The molecule has 0 atom stereocenters. The van der Waals surface area contributed by atoms with Crippen LogP contribution in [0.4, 0.5) is 10.5 Å². The van der Waals surface area contributed by atoms with Crippen LogP contribution in [0.1, 0.15) is 71.4 Å². The number of hydrogen-bond donors (Lipinski definition) is 3. The van der Waals surface area contributed by atoms with Gasteiger partial charge in [0.1, 0.15) is 5.75 Å². The van der Waals surface area contributed by atoms with Crippen LogP contribution in [0, 0.1) is 5.92 Å². The third-order valence-corrected chi connectivity index (χ3v) is 5.27. The highest BCUT2D eigenvalue weighted by molar-refractivity contribution is 5.91. The molecule has 0 saturated heterocycles. The van der Waals surface area contributed by atoms with Gasteiger partial charge >= 0.3 is 6.03 Å². The Kier molecular flexibility index (Phi) is 6.80. The molecular formula is C23H32N4O3. The van der Waals surface area contributed by atoms with Crippen LogP contribution in [-0.4, -0.2) is 32.9 Å². The van der Waals surface area contributed by atoms with Gasteiger partial charge in [0.25, 0.3) is 0 Å². The first-order valence-corrected chi connectivity index (χ1v) is 10.8. The lowest BCUT2D eigenvalue weighted by atomic mass is 10.0. The summed E-state index contributed by atoms with van der Waals surface area (Å²) < 4.78 is 1.45. The molecule has 1 aromatic heterocycles. The van der Waals surface area contributed by atoms with Gasteiger partial charge in [-0.25, -0.2) is 4.79 Å². The second-order valence-corrected chi connectivity index (χ2v) is 8.83. The third kappa shape index (κ3) is 5.20. The fraction of sp³-hybridized carbons (Fsp3) is 0.522. The maximum atomic E-state index is 12.7. The van der Waals surface area contributed by atoms with Crippen molar-refractivity contribution in [3.05, 3.63) is 30.0 Å². The monoisotopic (exact) mass is 412 g/mol. The minimum absolute atomic E-state index is 0.00344. The Labute approximate surface area is 177 Å². The van der Waals surface area contributed by atoms with Gasteiger partial charge in [-0.15, -0.1) is 0 Å². The Morgan fingerprint density at radius 3 is 2.47 bits per heavy atom. The second-order valence-electron chi connectivity index (χ2n) is 8.83. The largest absolute Gasteiger partial charge is 0.507 e. The van der Waals surface area contributed by atoms with Crippen molar-refractivity contribution in [1.29, 1.82) is 0 Å². The van der Waals surface area contributed by atoms with E-state index in [4.69, 9.17) is 0 Å². The SMILES string of the molecule is CC(C)CC(=O)Nc1ccc(-c2cc(C3CCCC3)n(C(=O)NC(C)C)n2)c(O)c1. The standard InChI is InChI=1S/C23H32N4O3/c1-14(2)11-22(29)25-17-9-10-18(21(28)12-17)19-13-20(16-7-5-6-8-16)27(26-19)23(30)24-15(3)4/h9-10,12-16,28H,5-8,11H2,1-4H3,(H,24,30)(H,25,29). The Hall–Kier alpha value is -2.83. The molecule has 1 fully saturated rings. The zero-order chi connectivity index (χ0) is 21.8. The van der Waals surface area contributed by atoms with Gasteiger partial charge in [-0.3, -0.25) is 4.79 Å². The number of benzene rings is 1. The molecule has 7 nitrogen and oxygen atoms in total. The predicted octanol–water partition coefficient (Wildman–Crippen LogP) is 4.86. The highest BCUT2D eigenvalue weighted by Crippen LogP contribution is 2.38. The number of aromatic hydroxyl groups is 1. The molecule has 3 rings (SSSR count). The molecule has 1 heterocycles. The van der Waals surface area contributed by atoms with E-state index in [9.17, 15) is 14.7 Å². The number of carbonyl (C=O) groups excluding carboxylic acids is 2. The van der Waals surface area contributed by atoms with Gasteiger partial charge in [-0.1, -0.05) is 26.7 Å². The molecule has 1 saturated carbocycles. The van der Waals surface area contributed by atoms with Crippen molar-refractivity contribution < 1.29 is 14.7 Å². The fourth-order valence-electron chi connectivity index (χ4n) is 3.92. The summed E-state index contributed by atoms with van der Waals surface area (Å²) in [6.07, 6.45) is 4.78. The highest BCUT2D eigenvalue weighted by atomic mass is 16.3. The molecule has 1 aliphatic rings. The fourth-order valence-corrected chi connectivity index (χ4v) is 3.92. The van der Waals surface area contributed by atoms with E-state index in [-0.39, 0.29) is 29.6 Å². The topological polar surface area (TPSA) is 96.3 Å². The predicted molar refractivity (Wildman–Crippen MR) is 118 cm³/mol. The molecule has 7 heteroatoms. The zero-order valence-electron chi connectivity index (χ0n) is 18.2. The number of nitrogens with one attached hydrogen (secondary N) is 2. The van der Waals surface area contributed by atoms with Crippen molar-refractivity contribution in [3.63, 3.8) is 0 Å². The van der Waals surface area contributed by atoms with E-state index in [0.717, 1.165) is 31.4 Å². The van der Waals surface area contributed by atoms with Gasteiger partial charge < -0.3 is 15.7 Å².